The molecule has 0 aromatic carbocycles. The summed E-state index contributed by atoms with van der Waals surface area (Å²) >= 11 is 0. The second-order valence-electron chi connectivity index (χ2n) is 8.38. The van der Waals surface area contributed by atoms with Gasteiger partial charge in [-0.2, -0.15) is 31.4 Å². The summed E-state index contributed by atoms with van der Waals surface area (Å²) in [5.74, 6) is -5.49. The van der Waals surface area contributed by atoms with Crippen LogP contribution in [-0.4, -0.2) is 97.7 Å². The maximum atomic E-state index is 13.0. The number of pyridine rings is 1. The van der Waals surface area contributed by atoms with E-state index >= 15 is 0 Å². The first kappa shape index (κ1) is 32.3. The Bertz CT molecular complexity index is 1080. The summed E-state index contributed by atoms with van der Waals surface area (Å²) in [7, 11) is 6.08. The number of likely N-dealkylation sites (N-methyl/N-ethyl adjacent to an activating group) is 1. The fourth-order valence-electron chi connectivity index (χ4n) is 3.57. The lowest BCUT2D eigenvalue weighted by molar-refractivity contribution is -0.193. The molecule has 3 heterocycles. The van der Waals surface area contributed by atoms with Gasteiger partial charge < -0.3 is 20.0 Å². The molecule has 2 N–H and O–H groups in total. The predicted octanol–water partition coefficient (Wildman–Crippen LogP) is 2.78. The van der Waals surface area contributed by atoms with E-state index in [2.05, 4.69) is 29.1 Å². The van der Waals surface area contributed by atoms with E-state index in [4.69, 9.17) is 19.8 Å². The Balaban J connectivity index is 0.000000426. The van der Waals surface area contributed by atoms with Gasteiger partial charge in [0.25, 0.3) is 5.91 Å². The molecule has 2 aromatic rings. The first-order valence-corrected chi connectivity index (χ1v) is 10.8. The zero-order chi connectivity index (χ0) is 29.4. The number of rotatable bonds is 4. The molecular formula is C22H27F6N5O5. The van der Waals surface area contributed by atoms with E-state index in [0.717, 1.165) is 30.6 Å². The van der Waals surface area contributed by atoms with Crippen molar-refractivity contribution >= 4 is 17.8 Å². The van der Waals surface area contributed by atoms with E-state index in [-0.39, 0.29) is 11.9 Å². The SMILES string of the molecule is Cc1cccc(C(=O)N2CC[C@@H](N(C)C)[C@@H]2Cc2cnn(C)c2)n1.O=C(O)C(F)(F)F.O=C(O)C(F)(F)F. The quantitative estimate of drug-likeness (QED) is 0.552. The van der Waals surface area contributed by atoms with Crippen molar-refractivity contribution < 1.29 is 50.9 Å². The Morgan fingerprint density at radius 2 is 1.58 bits per heavy atom. The Morgan fingerprint density at radius 1 is 1.05 bits per heavy atom. The molecule has 0 spiro atoms. The van der Waals surface area contributed by atoms with Gasteiger partial charge in [-0.3, -0.25) is 9.48 Å². The van der Waals surface area contributed by atoms with E-state index in [1.165, 1.54) is 0 Å². The molecule has 1 fully saturated rings. The fraction of sp³-hybridized carbons (Fsp3) is 0.500. The van der Waals surface area contributed by atoms with Crippen LogP contribution in [0.2, 0.25) is 0 Å². The molecule has 1 aliphatic heterocycles. The van der Waals surface area contributed by atoms with E-state index in [9.17, 15) is 31.1 Å². The first-order chi connectivity index (χ1) is 17.3. The molecule has 2 atom stereocenters. The zero-order valence-corrected chi connectivity index (χ0v) is 20.8. The molecule has 0 unspecified atom stereocenters. The number of amides is 1. The van der Waals surface area contributed by atoms with Crippen LogP contribution in [0.25, 0.3) is 0 Å². The van der Waals surface area contributed by atoms with Crippen molar-refractivity contribution in [3.8, 4) is 0 Å². The second kappa shape index (κ2) is 13.2. The monoisotopic (exact) mass is 555 g/mol. The van der Waals surface area contributed by atoms with Gasteiger partial charge in [0.15, 0.2) is 0 Å². The van der Waals surface area contributed by atoms with E-state index in [1.54, 1.807) is 6.07 Å². The number of hydrogen-bond donors (Lipinski definition) is 2. The first-order valence-electron chi connectivity index (χ1n) is 10.8. The van der Waals surface area contributed by atoms with Gasteiger partial charge in [-0.1, -0.05) is 6.07 Å². The van der Waals surface area contributed by atoms with Gasteiger partial charge in [-0.25, -0.2) is 14.6 Å². The minimum absolute atomic E-state index is 0.0249. The number of hydrogen-bond acceptors (Lipinski definition) is 6. The average Bonchev–Trinajstić information content (AvgIpc) is 3.39. The van der Waals surface area contributed by atoms with Crippen molar-refractivity contribution in [2.45, 2.75) is 44.2 Å². The number of carbonyl (C=O) groups is 3. The Labute approximate surface area is 213 Å². The zero-order valence-electron chi connectivity index (χ0n) is 20.8. The second-order valence-corrected chi connectivity index (χ2v) is 8.38. The fourth-order valence-corrected chi connectivity index (χ4v) is 3.57. The molecule has 2 aromatic heterocycles. The number of aromatic nitrogens is 3. The Morgan fingerprint density at radius 3 is 1.97 bits per heavy atom. The van der Waals surface area contributed by atoms with Gasteiger partial charge in [-0.15, -0.1) is 0 Å². The lowest BCUT2D eigenvalue weighted by Gasteiger charge is -2.31. The Hall–Kier alpha value is -3.69. The number of likely N-dealkylation sites (tertiary alicyclic amines) is 1. The highest BCUT2D eigenvalue weighted by Crippen LogP contribution is 2.26. The molecule has 0 saturated carbocycles. The number of nitrogens with zero attached hydrogens (tertiary/aromatic N) is 5. The molecule has 0 bridgehead atoms. The maximum absolute atomic E-state index is 13.0. The molecule has 1 saturated heterocycles. The van der Waals surface area contributed by atoms with Crippen LogP contribution in [0.1, 0.15) is 28.2 Å². The molecule has 1 aliphatic rings. The highest BCUT2D eigenvalue weighted by Gasteiger charge is 2.40. The average molecular weight is 555 g/mol. The summed E-state index contributed by atoms with van der Waals surface area (Å²) in [6.45, 7) is 2.68. The van der Waals surface area contributed by atoms with Crippen LogP contribution in [0.3, 0.4) is 0 Å². The smallest absolute Gasteiger partial charge is 0.475 e. The maximum Gasteiger partial charge on any atom is 0.490 e. The number of carboxylic acids is 2. The minimum atomic E-state index is -5.08. The third-order valence-corrected chi connectivity index (χ3v) is 5.23. The third-order valence-electron chi connectivity index (χ3n) is 5.23. The molecule has 10 nitrogen and oxygen atoms in total. The van der Waals surface area contributed by atoms with Crippen molar-refractivity contribution in [3.63, 3.8) is 0 Å². The molecule has 0 aliphatic carbocycles. The van der Waals surface area contributed by atoms with Gasteiger partial charge >= 0.3 is 24.3 Å². The predicted molar refractivity (Wildman–Crippen MR) is 120 cm³/mol. The number of aliphatic carboxylic acids is 2. The van der Waals surface area contributed by atoms with Gasteiger partial charge in [0.2, 0.25) is 0 Å². The van der Waals surface area contributed by atoms with Crippen molar-refractivity contribution in [2.75, 3.05) is 20.6 Å². The molecular weight excluding hydrogens is 528 g/mol. The lowest BCUT2D eigenvalue weighted by atomic mass is 10.0. The normalized spacial score (nSPS) is 17.3. The van der Waals surface area contributed by atoms with Crippen molar-refractivity contribution in [1.29, 1.82) is 0 Å². The van der Waals surface area contributed by atoms with Crippen LogP contribution in [0, 0.1) is 6.92 Å². The highest BCUT2D eigenvalue weighted by atomic mass is 19.4. The summed E-state index contributed by atoms with van der Waals surface area (Å²) < 4.78 is 65.3. The van der Waals surface area contributed by atoms with Gasteiger partial charge in [0.05, 0.1) is 12.2 Å². The number of aryl methyl sites for hydroxylation is 2. The summed E-state index contributed by atoms with van der Waals surface area (Å²) in [6.07, 6.45) is -4.46. The van der Waals surface area contributed by atoms with Gasteiger partial charge in [0.1, 0.15) is 5.69 Å². The van der Waals surface area contributed by atoms with E-state index in [1.807, 2.05) is 48.1 Å². The van der Waals surface area contributed by atoms with Crippen LogP contribution in [0.15, 0.2) is 30.6 Å². The number of halogens is 6. The van der Waals surface area contributed by atoms with Crippen molar-refractivity contribution in [1.82, 2.24) is 24.6 Å². The van der Waals surface area contributed by atoms with E-state index < -0.39 is 24.3 Å². The third kappa shape index (κ3) is 9.99. The number of carboxylic acid groups (broad SMARTS) is 2. The summed E-state index contributed by atoms with van der Waals surface area (Å²) in [4.78, 5) is 39.4. The number of alkyl halides is 6. The minimum Gasteiger partial charge on any atom is -0.475 e. The summed E-state index contributed by atoms with van der Waals surface area (Å²) in [5, 5.41) is 18.5. The molecule has 16 heteroatoms. The van der Waals surface area contributed by atoms with Crippen molar-refractivity contribution in [2.24, 2.45) is 7.05 Å². The van der Waals surface area contributed by atoms with Crippen LogP contribution in [-0.2, 0) is 23.1 Å². The molecule has 212 valence electrons. The molecule has 0 radical (unpaired) electrons. The summed E-state index contributed by atoms with van der Waals surface area (Å²) in [6, 6.07) is 6.10. The largest absolute Gasteiger partial charge is 0.490 e. The van der Waals surface area contributed by atoms with Gasteiger partial charge in [0, 0.05) is 31.5 Å². The highest BCUT2D eigenvalue weighted by molar-refractivity contribution is 5.92. The summed E-state index contributed by atoms with van der Waals surface area (Å²) in [5.41, 5.74) is 2.56. The van der Waals surface area contributed by atoms with Gasteiger partial charge in [-0.05, 0) is 51.6 Å². The molecule has 1 amide bonds. The van der Waals surface area contributed by atoms with Crippen LogP contribution < -0.4 is 0 Å². The van der Waals surface area contributed by atoms with Crippen molar-refractivity contribution in [3.05, 3.63) is 47.5 Å². The number of carbonyl (C=O) groups excluding carboxylic acids is 1. The van der Waals surface area contributed by atoms with Crippen LogP contribution in [0.5, 0.6) is 0 Å². The van der Waals surface area contributed by atoms with Crippen LogP contribution in [0.4, 0.5) is 26.3 Å². The molecule has 3 rings (SSSR count). The standard InChI is InChI=1S/C18H25N5O.2C2HF3O2/c1-13-6-5-7-15(20-13)18(24)23-9-8-16(21(2)3)17(23)10-14-11-19-22(4)12-14;2*3-2(4,5)1(6)7/h5-7,11-12,16-17H,8-10H2,1-4H3;2*(H,6,7)/t16-,17+;;/m1../s1. The lowest BCUT2D eigenvalue weighted by Crippen LogP contribution is -2.46. The Kier molecular flexibility index (Phi) is 11.2. The topological polar surface area (TPSA) is 129 Å². The van der Waals surface area contributed by atoms with Crippen LogP contribution >= 0.6 is 0 Å². The van der Waals surface area contributed by atoms with E-state index in [0.29, 0.717) is 11.7 Å². The molecule has 38 heavy (non-hydrogen) atoms.